The van der Waals surface area contributed by atoms with Crippen LogP contribution in [0, 0.1) is 0 Å². The molecule has 36 heavy (non-hydrogen) atoms. The third kappa shape index (κ3) is 5.23. The maximum absolute atomic E-state index is 13.6. The summed E-state index contributed by atoms with van der Waals surface area (Å²) < 4.78 is 12.6. The lowest BCUT2D eigenvalue weighted by molar-refractivity contribution is -0.128. The van der Waals surface area contributed by atoms with Crippen molar-refractivity contribution < 1.29 is 14.3 Å². The van der Waals surface area contributed by atoms with E-state index in [0.717, 1.165) is 11.1 Å². The Morgan fingerprint density at radius 2 is 1.67 bits per heavy atom. The first-order valence-electron chi connectivity index (χ1n) is 11.9. The van der Waals surface area contributed by atoms with Gasteiger partial charge in [-0.2, -0.15) is 0 Å². The van der Waals surface area contributed by atoms with Crippen LogP contribution in [0.4, 0.5) is 0 Å². The van der Waals surface area contributed by atoms with Crippen LogP contribution in [0.15, 0.2) is 82.7 Å². The van der Waals surface area contributed by atoms with E-state index in [9.17, 15) is 9.59 Å². The largest absolute Gasteiger partial charge is 0.454 e. The zero-order chi connectivity index (χ0) is 24.9. The van der Waals surface area contributed by atoms with E-state index in [1.54, 1.807) is 16.7 Å². The number of amides is 1. The average Bonchev–Trinajstić information content (AvgIpc) is 3.37. The summed E-state index contributed by atoms with van der Waals surface area (Å²) in [5.41, 5.74) is 2.59. The Morgan fingerprint density at radius 1 is 1.00 bits per heavy atom. The van der Waals surface area contributed by atoms with Crippen LogP contribution >= 0.6 is 11.8 Å². The molecule has 5 rings (SSSR count). The lowest BCUT2D eigenvalue weighted by Gasteiger charge is -2.21. The number of aryl methyl sites for hydroxylation is 1. The maximum Gasteiger partial charge on any atom is 0.262 e. The summed E-state index contributed by atoms with van der Waals surface area (Å²) in [6.45, 7) is 3.70. The van der Waals surface area contributed by atoms with Gasteiger partial charge in [0.2, 0.25) is 12.7 Å². The molecule has 8 heteroatoms. The Kier molecular flexibility index (Phi) is 7.23. The third-order valence-electron chi connectivity index (χ3n) is 6.16. The fourth-order valence-corrected chi connectivity index (χ4v) is 5.11. The lowest BCUT2D eigenvalue weighted by Crippen LogP contribution is -2.32. The smallest absolute Gasteiger partial charge is 0.262 e. The molecule has 0 fully saturated rings. The van der Waals surface area contributed by atoms with Crippen molar-refractivity contribution in [3.05, 3.63) is 94.3 Å². The van der Waals surface area contributed by atoms with Crippen molar-refractivity contribution in [2.75, 3.05) is 19.1 Å². The number of carbonyl (C=O) groups is 1. The zero-order valence-electron chi connectivity index (χ0n) is 20.1. The number of fused-ring (bicyclic) bond motifs is 2. The van der Waals surface area contributed by atoms with E-state index in [-0.39, 0.29) is 24.0 Å². The van der Waals surface area contributed by atoms with Gasteiger partial charge in [-0.15, -0.1) is 0 Å². The fourth-order valence-electron chi connectivity index (χ4n) is 4.18. The minimum Gasteiger partial charge on any atom is -0.454 e. The van der Waals surface area contributed by atoms with E-state index in [1.807, 2.05) is 72.5 Å². The maximum atomic E-state index is 13.6. The molecule has 4 aromatic rings. The summed E-state index contributed by atoms with van der Waals surface area (Å²) in [5, 5.41) is 0.994. The first-order chi connectivity index (χ1) is 17.6. The molecule has 0 radical (unpaired) electrons. The standard InChI is InChI=1S/C28H27N3O4S/c1-2-30(17-21-11-7-4-8-12-21)26(32)18-36-28-29-23-16-25-24(34-19-35-25)15-22(23)27(33)31(28)14-13-20-9-5-3-6-10-20/h3-12,15-16H,2,13-14,17-19H2,1H3. The minimum atomic E-state index is -0.152. The first kappa shape index (κ1) is 23.9. The lowest BCUT2D eigenvalue weighted by atomic mass is 10.1. The van der Waals surface area contributed by atoms with Crippen LogP contribution in [0.25, 0.3) is 10.9 Å². The molecule has 1 aliphatic heterocycles. The van der Waals surface area contributed by atoms with Gasteiger partial charge in [-0.3, -0.25) is 14.2 Å². The second kappa shape index (κ2) is 10.9. The number of rotatable bonds is 9. The van der Waals surface area contributed by atoms with Crippen molar-refractivity contribution in [3.63, 3.8) is 0 Å². The summed E-state index contributed by atoms with van der Waals surface area (Å²) in [7, 11) is 0. The molecule has 0 N–H and O–H groups in total. The van der Waals surface area contributed by atoms with Crippen LogP contribution in [0.2, 0.25) is 0 Å². The Labute approximate surface area is 213 Å². The highest BCUT2D eigenvalue weighted by Gasteiger charge is 2.20. The highest BCUT2D eigenvalue weighted by atomic mass is 32.2. The normalized spacial score (nSPS) is 12.1. The molecule has 184 valence electrons. The van der Waals surface area contributed by atoms with E-state index in [2.05, 4.69) is 0 Å². The van der Waals surface area contributed by atoms with Gasteiger partial charge >= 0.3 is 0 Å². The molecule has 7 nitrogen and oxygen atoms in total. The van der Waals surface area contributed by atoms with E-state index >= 15 is 0 Å². The van der Waals surface area contributed by atoms with Crippen molar-refractivity contribution in [2.45, 2.75) is 31.6 Å². The fraction of sp³-hybridized carbons (Fsp3) is 0.250. The molecule has 0 bridgehead atoms. The van der Waals surface area contributed by atoms with Gasteiger partial charge in [0.05, 0.1) is 16.7 Å². The summed E-state index contributed by atoms with van der Waals surface area (Å²) in [6.07, 6.45) is 0.676. The van der Waals surface area contributed by atoms with Crippen molar-refractivity contribution >= 4 is 28.6 Å². The monoisotopic (exact) mass is 501 g/mol. The second-order valence-electron chi connectivity index (χ2n) is 8.49. The van der Waals surface area contributed by atoms with Gasteiger partial charge in [-0.1, -0.05) is 72.4 Å². The molecule has 0 saturated carbocycles. The Bertz CT molecular complexity index is 1420. The summed E-state index contributed by atoms with van der Waals surface area (Å²) in [6, 6.07) is 23.4. The van der Waals surface area contributed by atoms with Crippen LogP contribution in [0.1, 0.15) is 18.1 Å². The predicted molar refractivity (Wildman–Crippen MR) is 141 cm³/mol. The molecule has 1 aromatic heterocycles. The van der Waals surface area contributed by atoms with Crippen LogP contribution in [-0.4, -0.2) is 39.4 Å². The first-order valence-corrected chi connectivity index (χ1v) is 12.9. The quantitative estimate of drug-likeness (QED) is 0.248. The van der Waals surface area contributed by atoms with Gasteiger partial charge in [-0.05, 0) is 30.5 Å². The minimum absolute atomic E-state index is 0.000921. The molecule has 1 amide bonds. The molecule has 2 heterocycles. The van der Waals surface area contributed by atoms with E-state index in [1.165, 1.54) is 11.8 Å². The molecule has 0 atom stereocenters. The van der Waals surface area contributed by atoms with Crippen molar-refractivity contribution in [2.24, 2.45) is 0 Å². The van der Waals surface area contributed by atoms with E-state index < -0.39 is 0 Å². The topological polar surface area (TPSA) is 73.7 Å². The molecule has 0 spiro atoms. The highest BCUT2D eigenvalue weighted by molar-refractivity contribution is 7.99. The second-order valence-corrected chi connectivity index (χ2v) is 9.43. The predicted octanol–water partition coefficient (Wildman–Crippen LogP) is 4.51. The zero-order valence-corrected chi connectivity index (χ0v) is 20.9. The number of thioether (sulfide) groups is 1. The molecule has 0 aliphatic carbocycles. The number of carbonyl (C=O) groups excluding carboxylic acids is 1. The van der Waals surface area contributed by atoms with Crippen LogP contribution in [-0.2, 0) is 24.3 Å². The van der Waals surface area contributed by atoms with Gasteiger partial charge in [0.25, 0.3) is 5.56 Å². The van der Waals surface area contributed by atoms with Gasteiger partial charge in [0.15, 0.2) is 16.7 Å². The van der Waals surface area contributed by atoms with Gasteiger partial charge in [0, 0.05) is 25.7 Å². The van der Waals surface area contributed by atoms with Crippen molar-refractivity contribution in [3.8, 4) is 11.5 Å². The SMILES string of the molecule is CCN(Cc1ccccc1)C(=O)CSc1nc2cc3c(cc2c(=O)n1CCc1ccccc1)OCO3. The molecule has 0 saturated heterocycles. The van der Waals surface area contributed by atoms with E-state index in [4.69, 9.17) is 14.5 Å². The van der Waals surface area contributed by atoms with Gasteiger partial charge in [-0.25, -0.2) is 4.98 Å². The van der Waals surface area contributed by atoms with Gasteiger partial charge < -0.3 is 14.4 Å². The Hall–Kier alpha value is -3.78. The van der Waals surface area contributed by atoms with Crippen LogP contribution in [0.3, 0.4) is 0 Å². The number of aromatic nitrogens is 2. The summed E-state index contributed by atoms with van der Waals surface area (Å²) in [5.74, 6) is 1.31. The number of hydrogen-bond acceptors (Lipinski definition) is 6. The number of hydrogen-bond donors (Lipinski definition) is 0. The molecular weight excluding hydrogens is 474 g/mol. The molecule has 1 aliphatic rings. The van der Waals surface area contributed by atoms with Crippen LogP contribution in [0.5, 0.6) is 11.5 Å². The summed E-state index contributed by atoms with van der Waals surface area (Å²) >= 11 is 1.30. The molecular formula is C28H27N3O4S. The van der Waals surface area contributed by atoms with Crippen molar-refractivity contribution in [1.29, 1.82) is 0 Å². The van der Waals surface area contributed by atoms with Gasteiger partial charge in [0.1, 0.15) is 0 Å². The van der Waals surface area contributed by atoms with Crippen LogP contribution < -0.4 is 15.0 Å². The number of nitrogens with zero attached hydrogens (tertiary/aromatic N) is 3. The summed E-state index contributed by atoms with van der Waals surface area (Å²) in [4.78, 5) is 33.3. The Morgan fingerprint density at radius 3 is 2.36 bits per heavy atom. The number of benzene rings is 3. The van der Waals surface area contributed by atoms with E-state index in [0.29, 0.717) is 53.6 Å². The number of ether oxygens (including phenoxy) is 2. The molecule has 0 unspecified atom stereocenters. The third-order valence-corrected chi connectivity index (χ3v) is 7.12. The highest BCUT2D eigenvalue weighted by Crippen LogP contribution is 2.35. The average molecular weight is 502 g/mol. The Balaban J connectivity index is 1.42. The van der Waals surface area contributed by atoms with Crippen molar-refractivity contribution in [1.82, 2.24) is 14.5 Å². The molecule has 3 aromatic carbocycles.